The number of aromatic nitrogens is 2. The molecule has 0 bridgehead atoms. The van der Waals surface area contributed by atoms with Crippen LogP contribution in [0.4, 0.5) is 4.39 Å². The van der Waals surface area contributed by atoms with Crippen LogP contribution < -0.4 is 4.74 Å². The smallest absolute Gasteiger partial charge is 0.138 e. The fourth-order valence-electron chi connectivity index (χ4n) is 2.75. The summed E-state index contributed by atoms with van der Waals surface area (Å²) < 4.78 is 20.8. The molecule has 4 aromatic rings. The third-order valence-electron chi connectivity index (χ3n) is 4.11. The number of nitriles is 1. The summed E-state index contributed by atoms with van der Waals surface area (Å²) in [5.41, 5.74) is 3.39. The van der Waals surface area contributed by atoms with E-state index in [1.54, 1.807) is 36.4 Å². The molecule has 0 amide bonds. The fraction of sp³-hybridized carbons (Fsp3) is 0.0435. The van der Waals surface area contributed by atoms with Gasteiger partial charge in [-0.1, -0.05) is 18.1 Å². The average molecular weight is 367 g/mol. The number of ether oxygens (including phenoxy) is 1. The molecule has 0 saturated heterocycles. The summed E-state index contributed by atoms with van der Waals surface area (Å²) >= 11 is 0. The Balaban J connectivity index is 1.67. The van der Waals surface area contributed by atoms with Gasteiger partial charge in [-0.3, -0.25) is 4.40 Å². The van der Waals surface area contributed by atoms with Crippen LogP contribution in [-0.2, 0) is 6.61 Å². The molecule has 0 aliphatic heterocycles. The lowest BCUT2D eigenvalue weighted by atomic mass is 10.2. The Hall–Kier alpha value is -4.09. The number of halogens is 1. The van der Waals surface area contributed by atoms with E-state index in [0.29, 0.717) is 28.3 Å². The molecule has 5 heteroatoms. The second-order valence-corrected chi connectivity index (χ2v) is 6.02. The molecule has 2 aromatic heterocycles. The van der Waals surface area contributed by atoms with Crippen LogP contribution in [0.15, 0.2) is 72.9 Å². The number of imidazole rings is 1. The van der Waals surface area contributed by atoms with Crippen LogP contribution in [0, 0.1) is 29.0 Å². The minimum absolute atomic E-state index is 0.212. The molecule has 0 aliphatic rings. The van der Waals surface area contributed by atoms with Crippen LogP contribution in [0.1, 0.15) is 22.5 Å². The predicted molar refractivity (Wildman–Crippen MR) is 103 cm³/mol. The third-order valence-corrected chi connectivity index (χ3v) is 4.11. The first-order valence-corrected chi connectivity index (χ1v) is 8.59. The molecule has 0 unspecified atom stereocenters. The largest absolute Gasteiger partial charge is 0.487 e. The minimum Gasteiger partial charge on any atom is -0.487 e. The van der Waals surface area contributed by atoms with Crippen molar-refractivity contribution in [2.24, 2.45) is 0 Å². The number of pyridine rings is 1. The highest BCUT2D eigenvalue weighted by Crippen LogP contribution is 2.17. The second kappa shape index (κ2) is 7.65. The standard InChI is InChI=1S/C23H14FN3O/c24-19-10-7-17(8-11-19)9-12-22-21(26-23-6-1-2-13-27(22)23)16-28-20-5-3-4-18(14-20)15-25/h1-8,10-11,13-14H,16H2. The molecule has 2 aromatic carbocycles. The fourth-order valence-corrected chi connectivity index (χ4v) is 2.75. The van der Waals surface area contributed by atoms with Gasteiger partial charge in [0.15, 0.2) is 0 Å². The number of fused-ring (bicyclic) bond motifs is 1. The highest BCUT2D eigenvalue weighted by Gasteiger charge is 2.11. The van der Waals surface area contributed by atoms with Crippen LogP contribution in [0.2, 0.25) is 0 Å². The lowest BCUT2D eigenvalue weighted by Crippen LogP contribution is -1.99. The van der Waals surface area contributed by atoms with Gasteiger partial charge >= 0.3 is 0 Å². The Morgan fingerprint density at radius 3 is 2.64 bits per heavy atom. The first kappa shape index (κ1) is 17.3. The molecule has 4 nitrogen and oxygen atoms in total. The molecule has 0 aliphatic carbocycles. The monoisotopic (exact) mass is 367 g/mol. The molecule has 4 rings (SSSR count). The normalized spacial score (nSPS) is 10.1. The summed E-state index contributed by atoms with van der Waals surface area (Å²) in [6.45, 7) is 0.212. The molecule has 0 radical (unpaired) electrons. The van der Waals surface area contributed by atoms with E-state index < -0.39 is 0 Å². The van der Waals surface area contributed by atoms with E-state index in [4.69, 9.17) is 10.00 Å². The Morgan fingerprint density at radius 2 is 1.82 bits per heavy atom. The van der Waals surface area contributed by atoms with Crippen molar-refractivity contribution < 1.29 is 9.13 Å². The zero-order valence-corrected chi connectivity index (χ0v) is 14.8. The van der Waals surface area contributed by atoms with E-state index in [-0.39, 0.29) is 12.4 Å². The highest BCUT2D eigenvalue weighted by molar-refractivity contribution is 5.51. The molecule has 28 heavy (non-hydrogen) atoms. The van der Waals surface area contributed by atoms with E-state index in [1.807, 2.05) is 28.8 Å². The van der Waals surface area contributed by atoms with E-state index in [0.717, 1.165) is 5.65 Å². The molecule has 0 atom stereocenters. The molecule has 0 N–H and O–H groups in total. The lowest BCUT2D eigenvalue weighted by Gasteiger charge is -2.05. The van der Waals surface area contributed by atoms with Gasteiger partial charge in [0.25, 0.3) is 0 Å². The van der Waals surface area contributed by atoms with Crippen molar-refractivity contribution >= 4 is 5.65 Å². The number of hydrogen-bond acceptors (Lipinski definition) is 3. The van der Waals surface area contributed by atoms with Crippen molar-refractivity contribution in [2.75, 3.05) is 0 Å². The Kier molecular flexibility index (Phi) is 4.74. The molecule has 0 fully saturated rings. The molecule has 2 heterocycles. The number of rotatable bonds is 3. The van der Waals surface area contributed by atoms with Gasteiger partial charge < -0.3 is 4.74 Å². The van der Waals surface area contributed by atoms with Crippen LogP contribution >= 0.6 is 0 Å². The van der Waals surface area contributed by atoms with Gasteiger partial charge in [0.1, 0.15) is 35.2 Å². The maximum absolute atomic E-state index is 13.1. The van der Waals surface area contributed by atoms with Crippen LogP contribution in [0.5, 0.6) is 5.75 Å². The Labute approximate surface area is 161 Å². The average Bonchev–Trinajstić information content (AvgIpc) is 3.09. The van der Waals surface area contributed by atoms with Crippen molar-refractivity contribution in [3.8, 4) is 23.7 Å². The third kappa shape index (κ3) is 3.70. The molecule has 134 valence electrons. The minimum atomic E-state index is -0.297. The van der Waals surface area contributed by atoms with Crippen molar-refractivity contribution in [1.82, 2.24) is 9.38 Å². The maximum Gasteiger partial charge on any atom is 0.138 e. The number of hydrogen-bond donors (Lipinski definition) is 0. The Morgan fingerprint density at radius 1 is 0.964 bits per heavy atom. The van der Waals surface area contributed by atoms with E-state index >= 15 is 0 Å². The highest BCUT2D eigenvalue weighted by atomic mass is 19.1. The summed E-state index contributed by atoms with van der Waals surface area (Å²) in [6.07, 6.45) is 1.89. The quantitative estimate of drug-likeness (QED) is 0.507. The lowest BCUT2D eigenvalue weighted by molar-refractivity contribution is 0.301. The summed E-state index contributed by atoms with van der Waals surface area (Å²) in [4.78, 5) is 4.61. The van der Waals surface area contributed by atoms with Gasteiger partial charge in [0, 0.05) is 11.8 Å². The predicted octanol–water partition coefficient (Wildman–Crippen LogP) is 4.32. The number of nitrogens with zero attached hydrogens (tertiary/aromatic N) is 3. The van der Waals surface area contributed by atoms with Gasteiger partial charge in [-0.05, 0) is 60.5 Å². The SMILES string of the molecule is N#Cc1cccc(OCc2nc3ccccn3c2C#Cc2ccc(F)cc2)c1. The van der Waals surface area contributed by atoms with E-state index in [2.05, 4.69) is 22.9 Å². The van der Waals surface area contributed by atoms with E-state index in [1.165, 1.54) is 12.1 Å². The van der Waals surface area contributed by atoms with Crippen molar-refractivity contribution in [2.45, 2.75) is 6.61 Å². The zero-order valence-electron chi connectivity index (χ0n) is 14.8. The summed E-state index contributed by atoms with van der Waals surface area (Å²) in [6, 6.07) is 20.8. The molecule has 0 spiro atoms. The van der Waals surface area contributed by atoms with Crippen LogP contribution in [0.3, 0.4) is 0 Å². The first-order valence-electron chi connectivity index (χ1n) is 8.59. The summed E-state index contributed by atoms with van der Waals surface area (Å²) in [5.74, 6) is 6.47. The number of benzene rings is 2. The van der Waals surface area contributed by atoms with Gasteiger partial charge in [-0.25, -0.2) is 9.37 Å². The van der Waals surface area contributed by atoms with Gasteiger partial charge in [-0.15, -0.1) is 0 Å². The first-order chi connectivity index (χ1) is 13.7. The topological polar surface area (TPSA) is 50.3 Å². The van der Waals surface area contributed by atoms with Gasteiger partial charge in [-0.2, -0.15) is 5.26 Å². The van der Waals surface area contributed by atoms with Crippen molar-refractivity contribution in [3.05, 3.63) is 101 Å². The van der Waals surface area contributed by atoms with Gasteiger partial charge in [0.2, 0.25) is 0 Å². The molecular formula is C23H14FN3O. The zero-order chi connectivity index (χ0) is 19.3. The van der Waals surface area contributed by atoms with Crippen LogP contribution in [-0.4, -0.2) is 9.38 Å². The molecule has 0 saturated carbocycles. The van der Waals surface area contributed by atoms with Crippen LogP contribution in [0.25, 0.3) is 5.65 Å². The maximum atomic E-state index is 13.1. The summed E-state index contributed by atoms with van der Waals surface area (Å²) in [5, 5.41) is 9.02. The van der Waals surface area contributed by atoms with Crippen molar-refractivity contribution in [1.29, 1.82) is 5.26 Å². The van der Waals surface area contributed by atoms with E-state index in [9.17, 15) is 4.39 Å². The van der Waals surface area contributed by atoms with Gasteiger partial charge in [0.05, 0.1) is 11.6 Å². The van der Waals surface area contributed by atoms with Crippen molar-refractivity contribution in [3.63, 3.8) is 0 Å². The summed E-state index contributed by atoms with van der Waals surface area (Å²) in [7, 11) is 0. The Bertz CT molecular complexity index is 1240. The second-order valence-electron chi connectivity index (χ2n) is 6.02. The molecular weight excluding hydrogens is 353 g/mol.